The number of hydrogen-bond donors (Lipinski definition) is 1. The number of ether oxygens (including phenoxy) is 1. The van der Waals surface area contributed by atoms with Crippen molar-refractivity contribution >= 4 is 11.8 Å². The lowest BCUT2D eigenvalue weighted by Crippen LogP contribution is -2.39. The number of amides is 1. The van der Waals surface area contributed by atoms with Gasteiger partial charge in [0.25, 0.3) is 0 Å². The van der Waals surface area contributed by atoms with Crippen molar-refractivity contribution in [1.29, 1.82) is 0 Å². The molecule has 1 aromatic rings. The second-order valence-corrected chi connectivity index (χ2v) is 6.09. The van der Waals surface area contributed by atoms with Gasteiger partial charge < -0.3 is 15.0 Å². The van der Waals surface area contributed by atoms with Crippen molar-refractivity contribution in [1.82, 2.24) is 5.32 Å². The summed E-state index contributed by atoms with van der Waals surface area (Å²) >= 11 is 0. The Kier molecular flexibility index (Phi) is 3.88. The van der Waals surface area contributed by atoms with E-state index in [2.05, 4.69) is 5.32 Å². The van der Waals surface area contributed by atoms with Gasteiger partial charge in [0.05, 0.1) is 11.7 Å². The number of para-hydroxylation sites is 1. The molecule has 2 rings (SSSR count). The summed E-state index contributed by atoms with van der Waals surface area (Å²) in [7, 11) is 1.85. The molecule has 1 aromatic carbocycles. The van der Waals surface area contributed by atoms with Crippen molar-refractivity contribution in [3.63, 3.8) is 0 Å². The molecule has 0 saturated carbocycles. The monoisotopic (exact) mass is 280 g/mol. The third-order valence-corrected chi connectivity index (χ3v) is 3.22. The van der Waals surface area contributed by atoms with E-state index in [0.717, 1.165) is 12.0 Å². The highest BCUT2D eigenvalue weighted by atomic mass is 19.1. The van der Waals surface area contributed by atoms with Gasteiger partial charge in [0.2, 0.25) is 0 Å². The Bertz CT molecular complexity index is 511. The lowest BCUT2D eigenvalue weighted by Gasteiger charge is -2.34. The Morgan fingerprint density at radius 2 is 2.15 bits per heavy atom. The number of nitrogens with one attached hydrogen (secondary N) is 1. The van der Waals surface area contributed by atoms with Crippen LogP contribution in [0, 0.1) is 5.82 Å². The molecule has 5 heteroatoms. The summed E-state index contributed by atoms with van der Waals surface area (Å²) < 4.78 is 19.2. The maximum absolute atomic E-state index is 13.9. The van der Waals surface area contributed by atoms with Crippen molar-refractivity contribution in [3.05, 3.63) is 29.6 Å². The predicted molar refractivity (Wildman–Crippen MR) is 76.4 cm³/mol. The van der Waals surface area contributed by atoms with E-state index in [0.29, 0.717) is 12.2 Å². The molecule has 4 nitrogen and oxygen atoms in total. The summed E-state index contributed by atoms with van der Waals surface area (Å²) in [4.78, 5) is 13.7. The van der Waals surface area contributed by atoms with Crippen LogP contribution >= 0.6 is 0 Å². The van der Waals surface area contributed by atoms with Crippen LogP contribution in [0.5, 0.6) is 0 Å². The normalized spacial score (nSPS) is 18.4. The number of carbonyl (C=O) groups excluding carboxylic acids is 1. The Morgan fingerprint density at radius 1 is 1.45 bits per heavy atom. The van der Waals surface area contributed by atoms with Gasteiger partial charge in [-0.2, -0.15) is 0 Å². The number of fused-ring (bicyclic) bond motifs is 1. The Hall–Kier alpha value is -1.78. The minimum Gasteiger partial charge on any atom is -0.444 e. The fourth-order valence-corrected chi connectivity index (χ4v) is 2.41. The Balaban J connectivity index is 2.18. The molecule has 0 aromatic heterocycles. The third-order valence-electron chi connectivity index (χ3n) is 3.22. The van der Waals surface area contributed by atoms with Gasteiger partial charge in [-0.15, -0.1) is 0 Å². The van der Waals surface area contributed by atoms with E-state index < -0.39 is 11.7 Å². The number of nitrogens with zero attached hydrogens (tertiary/aromatic N) is 1. The van der Waals surface area contributed by atoms with Crippen LogP contribution in [0.4, 0.5) is 14.9 Å². The molecule has 0 spiro atoms. The zero-order valence-electron chi connectivity index (χ0n) is 12.4. The topological polar surface area (TPSA) is 41.6 Å². The third kappa shape index (κ3) is 3.21. The molecule has 0 fully saturated rings. The van der Waals surface area contributed by atoms with E-state index >= 15 is 0 Å². The predicted octanol–water partition coefficient (Wildman–Crippen LogP) is 3.23. The first-order chi connectivity index (χ1) is 9.28. The lowest BCUT2D eigenvalue weighted by molar-refractivity contribution is 0.0500. The van der Waals surface area contributed by atoms with Crippen LogP contribution in [0.3, 0.4) is 0 Å². The van der Waals surface area contributed by atoms with Gasteiger partial charge in [0.15, 0.2) is 0 Å². The second kappa shape index (κ2) is 5.31. The van der Waals surface area contributed by atoms with Crippen molar-refractivity contribution in [2.24, 2.45) is 0 Å². The molecule has 1 unspecified atom stereocenters. The van der Waals surface area contributed by atoms with E-state index in [1.165, 1.54) is 6.07 Å². The molecule has 20 heavy (non-hydrogen) atoms. The quantitative estimate of drug-likeness (QED) is 0.858. The highest BCUT2D eigenvalue weighted by Crippen LogP contribution is 2.34. The number of rotatable bonds is 1. The summed E-state index contributed by atoms with van der Waals surface area (Å²) in [6.45, 7) is 6.13. The first-order valence-electron chi connectivity index (χ1n) is 6.77. The van der Waals surface area contributed by atoms with E-state index in [1.54, 1.807) is 6.07 Å². The standard InChI is InChI=1S/C15H21FN2O2/c1-15(2,3)20-14(19)17-12-8-9-18(4)13-10(12)6-5-7-11(13)16/h5-7,12H,8-9H2,1-4H3,(H,17,19). The summed E-state index contributed by atoms with van der Waals surface area (Å²) in [5.41, 5.74) is 0.810. The molecule has 1 aliphatic rings. The van der Waals surface area contributed by atoms with E-state index in [-0.39, 0.29) is 11.9 Å². The number of anilines is 1. The SMILES string of the molecule is CN1CCC(NC(=O)OC(C)(C)C)c2cccc(F)c21. The zero-order valence-corrected chi connectivity index (χ0v) is 12.4. The van der Waals surface area contributed by atoms with E-state index in [9.17, 15) is 9.18 Å². The molecule has 1 amide bonds. The van der Waals surface area contributed by atoms with Gasteiger partial charge in [0.1, 0.15) is 11.4 Å². The summed E-state index contributed by atoms with van der Waals surface area (Å²) in [5, 5.41) is 2.82. The fraction of sp³-hybridized carbons (Fsp3) is 0.533. The molecule has 110 valence electrons. The maximum atomic E-state index is 13.9. The van der Waals surface area contributed by atoms with Gasteiger partial charge in [-0.25, -0.2) is 9.18 Å². The van der Waals surface area contributed by atoms with Crippen molar-refractivity contribution in [2.45, 2.75) is 38.8 Å². The molecule has 0 aliphatic carbocycles. The molecule has 1 atom stereocenters. The molecular formula is C15H21FN2O2. The van der Waals surface area contributed by atoms with Gasteiger partial charge >= 0.3 is 6.09 Å². The van der Waals surface area contributed by atoms with Crippen LogP contribution in [0.1, 0.15) is 38.8 Å². The van der Waals surface area contributed by atoms with Crippen LogP contribution in [0.25, 0.3) is 0 Å². The summed E-state index contributed by atoms with van der Waals surface area (Å²) in [5.74, 6) is -0.263. The summed E-state index contributed by atoms with van der Waals surface area (Å²) in [6.07, 6.45) is 0.258. The molecule has 0 radical (unpaired) electrons. The second-order valence-electron chi connectivity index (χ2n) is 6.09. The minimum absolute atomic E-state index is 0.216. The number of alkyl carbamates (subject to hydrolysis) is 1. The number of carbonyl (C=O) groups is 1. The van der Waals surface area contributed by atoms with Crippen LogP contribution in [0.15, 0.2) is 18.2 Å². The average molecular weight is 280 g/mol. The molecule has 0 saturated heterocycles. The molecule has 1 aliphatic heterocycles. The van der Waals surface area contributed by atoms with E-state index in [4.69, 9.17) is 4.74 Å². The largest absolute Gasteiger partial charge is 0.444 e. The lowest BCUT2D eigenvalue weighted by atomic mass is 9.96. The van der Waals surface area contributed by atoms with Crippen LogP contribution in [0.2, 0.25) is 0 Å². The Morgan fingerprint density at radius 3 is 2.80 bits per heavy atom. The number of halogens is 1. The van der Waals surface area contributed by atoms with Crippen LogP contribution in [-0.4, -0.2) is 25.3 Å². The highest BCUT2D eigenvalue weighted by Gasteiger charge is 2.28. The van der Waals surface area contributed by atoms with Crippen molar-refractivity contribution in [3.8, 4) is 0 Å². The number of hydrogen-bond acceptors (Lipinski definition) is 3. The van der Waals surface area contributed by atoms with Crippen molar-refractivity contribution < 1.29 is 13.9 Å². The van der Waals surface area contributed by atoms with Gasteiger partial charge in [-0.1, -0.05) is 12.1 Å². The molecular weight excluding hydrogens is 259 g/mol. The average Bonchev–Trinajstić information content (AvgIpc) is 2.30. The molecule has 0 bridgehead atoms. The van der Waals surface area contributed by atoms with Gasteiger partial charge in [0, 0.05) is 19.2 Å². The highest BCUT2D eigenvalue weighted by molar-refractivity contribution is 5.70. The zero-order chi connectivity index (χ0) is 14.9. The van der Waals surface area contributed by atoms with Crippen LogP contribution in [-0.2, 0) is 4.74 Å². The Labute approximate surface area is 118 Å². The first kappa shape index (κ1) is 14.6. The summed E-state index contributed by atoms with van der Waals surface area (Å²) in [6, 6.07) is 4.73. The minimum atomic E-state index is -0.541. The smallest absolute Gasteiger partial charge is 0.408 e. The molecule has 1 N–H and O–H groups in total. The molecule has 1 heterocycles. The van der Waals surface area contributed by atoms with Crippen LogP contribution < -0.4 is 10.2 Å². The fourth-order valence-electron chi connectivity index (χ4n) is 2.41. The van der Waals surface area contributed by atoms with Gasteiger partial charge in [-0.05, 0) is 33.3 Å². The maximum Gasteiger partial charge on any atom is 0.408 e. The van der Waals surface area contributed by atoms with Crippen molar-refractivity contribution in [2.75, 3.05) is 18.5 Å². The van der Waals surface area contributed by atoms with E-state index in [1.807, 2.05) is 38.8 Å². The first-order valence-corrected chi connectivity index (χ1v) is 6.77. The van der Waals surface area contributed by atoms with Gasteiger partial charge in [-0.3, -0.25) is 0 Å². The number of benzene rings is 1.